The third-order valence-corrected chi connectivity index (χ3v) is 7.88. The highest BCUT2D eigenvalue weighted by molar-refractivity contribution is 8.26. The fourth-order valence-electron chi connectivity index (χ4n) is 3.74. The number of anilines is 1. The van der Waals surface area contributed by atoms with Gasteiger partial charge >= 0.3 is 0 Å². The summed E-state index contributed by atoms with van der Waals surface area (Å²) in [6.07, 6.45) is 5.16. The topological polar surface area (TPSA) is 92.5 Å². The molecule has 0 bridgehead atoms. The number of nitrogens with zero attached hydrogens (tertiary/aromatic N) is 1. The second-order valence-electron chi connectivity index (χ2n) is 7.43. The second-order valence-corrected chi connectivity index (χ2v) is 10.2. The molecule has 1 aromatic heterocycles. The monoisotopic (exact) mass is 489 g/mol. The van der Waals surface area contributed by atoms with Gasteiger partial charge in [-0.25, -0.2) is 4.39 Å². The number of primary amides is 1. The third kappa shape index (κ3) is 4.62. The van der Waals surface area contributed by atoms with Gasteiger partial charge in [-0.2, -0.15) is 0 Å². The van der Waals surface area contributed by atoms with Crippen LogP contribution in [0.25, 0.3) is 6.08 Å². The Morgan fingerprint density at radius 3 is 2.75 bits per heavy atom. The molecule has 2 aliphatic rings. The van der Waals surface area contributed by atoms with E-state index in [1.54, 1.807) is 18.2 Å². The Bertz CT molecular complexity index is 1160. The molecule has 2 aromatic rings. The molecule has 0 radical (unpaired) electrons. The minimum Gasteiger partial charge on any atom is -0.365 e. The quantitative estimate of drug-likeness (QED) is 0.471. The summed E-state index contributed by atoms with van der Waals surface area (Å²) in [5.74, 6) is -1.67. The Morgan fingerprint density at radius 2 is 2.00 bits per heavy atom. The number of thiophene rings is 1. The number of hydrogen-bond acceptors (Lipinski definition) is 6. The molecule has 1 aliphatic heterocycles. The molecule has 3 N–H and O–H groups in total. The van der Waals surface area contributed by atoms with Crippen molar-refractivity contribution in [1.82, 2.24) is 4.90 Å². The molecule has 6 nitrogen and oxygen atoms in total. The Hall–Kier alpha value is -2.56. The summed E-state index contributed by atoms with van der Waals surface area (Å²) in [7, 11) is 0. The van der Waals surface area contributed by atoms with E-state index in [1.807, 2.05) is 0 Å². The lowest BCUT2D eigenvalue weighted by Crippen LogP contribution is -2.31. The van der Waals surface area contributed by atoms with Crippen LogP contribution in [-0.2, 0) is 22.4 Å². The Labute approximate surface area is 198 Å². The van der Waals surface area contributed by atoms with Gasteiger partial charge in [0.1, 0.15) is 15.1 Å². The number of carbonyl (C=O) groups excluding carboxylic acids is 3. The largest absolute Gasteiger partial charge is 0.365 e. The van der Waals surface area contributed by atoms with Gasteiger partial charge in [-0.1, -0.05) is 42.2 Å². The number of fused-ring (bicyclic) bond motifs is 1. The lowest BCUT2D eigenvalue weighted by atomic mass is 9.95. The first-order valence-corrected chi connectivity index (χ1v) is 12.1. The van der Waals surface area contributed by atoms with E-state index in [0.29, 0.717) is 25.4 Å². The van der Waals surface area contributed by atoms with E-state index in [9.17, 15) is 18.8 Å². The fraction of sp³-hybridized carbons (Fsp3) is 0.273. The summed E-state index contributed by atoms with van der Waals surface area (Å²) >= 11 is 7.75. The Morgan fingerprint density at radius 1 is 1.25 bits per heavy atom. The first-order chi connectivity index (χ1) is 15.3. The van der Waals surface area contributed by atoms with Crippen molar-refractivity contribution in [3.05, 3.63) is 56.6 Å². The van der Waals surface area contributed by atoms with Gasteiger partial charge in [0.05, 0.1) is 10.5 Å². The van der Waals surface area contributed by atoms with E-state index in [1.165, 1.54) is 28.4 Å². The number of benzene rings is 1. The Kier molecular flexibility index (Phi) is 6.73. The number of hydrogen-bond donors (Lipinski definition) is 2. The number of thiocarbonyl (C=S) groups is 1. The minimum atomic E-state index is -0.546. The molecule has 1 saturated heterocycles. The van der Waals surface area contributed by atoms with Crippen molar-refractivity contribution < 1.29 is 18.8 Å². The maximum Gasteiger partial charge on any atom is 0.266 e. The van der Waals surface area contributed by atoms with Gasteiger partial charge in [0, 0.05) is 23.4 Å². The molecule has 166 valence electrons. The molecule has 10 heteroatoms. The summed E-state index contributed by atoms with van der Waals surface area (Å²) in [6, 6.07) is 6.15. The van der Waals surface area contributed by atoms with Gasteiger partial charge in [-0.05, 0) is 43.4 Å². The van der Waals surface area contributed by atoms with E-state index in [-0.39, 0.29) is 24.8 Å². The van der Waals surface area contributed by atoms with Crippen LogP contribution in [0.1, 0.15) is 45.6 Å². The SMILES string of the molecule is NC(=O)c1c(NC(=O)CCN2C(=O)C(=Cc3ccccc3F)SC2=S)sc2c1CCCC2. The fourth-order valence-corrected chi connectivity index (χ4v) is 6.35. The zero-order chi connectivity index (χ0) is 22.8. The summed E-state index contributed by atoms with van der Waals surface area (Å²) < 4.78 is 14.2. The molecule has 0 atom stereocenters. The highest BCUT2D eigenvalue weighted by Crippen LogP contribution is 2.38. The predicted molar refractivity (Wildman–Crippen MR) is 129 cm³/mol. The van der Waals surface area contributed by atoms with Gasteiger partial charge in [-0.15, -0.1) is 11.3 Å². The van der Waals surface area contributed by atoms with Crippen LogP contribution < -0.4 is 11.1 Å². The van der Waals surface area contributed by atoms with Crippen molar-refractivity contribution in [2.24, 2.45) is 5.73 Å². The van der Waals surface area contributed by atoms with E-state index in [4.69, 9.17) is 18.0 Å². The van der Waals surface area contributed by atoms with Crippen LogP contribution in [0.5, 0.6) is 0 Å². The van der Waals surface area contributed by atoms with Crippen molar-refractivity contribution in [3.8, 4) is 0 Å². The van der Waals surface area contributed by atoms with Crippen LogP contribution in [-0.4, -0.2) is 33.5 Å². The number of rotatable bonds is 6. The van der Waals surface area contributed by atoms with Crippen LogP contribution in [0.4, 0.5) is 9.39 Å². The predicted octanol–water partition coefficient (Wildman–Crippen LogP) is 4.09. The standard InChI is InChI=1S/C22H20FN3O3S3/c23-14-7-3-1-5-12(14)11-16-21(29)26(22(30)32-16)10-9-17(27)25-20-18(19(24)28)13-6-2-4-8-15(13)31-20/h1,3,5,7,11H,2,4,6,8-10H2,(H2,24,28)(H,25,27). The highest BCUT2D eigenvalue weighted by atomic mass is 32.2. The van der Waals surface area contributed by atoms with Gasteiger partial charge in [0.25, 0.3) is 11.8 Å². The number of nitrogens with one attached hydrogen (secondary N) is 1. The molecule has 4 rings (SSSR count). The van der Waals surface area contributed by atoms with Crippen molar-refractivity contribution in [2.75, 3.05) is 11.9 Å². The minimum absolute atomic E-state index is 0.000185. The molecule has 2 heterocycles. The summed E-state index contributed by atoms with van der Waals surface area (Å²) in [5, 5.41) is 3.26. The van der Waals surface area contributed by atoms with Crippen molar-refractivity contribution in [2.45, 2.75) is 32.1 Å². The van der Waals surface area contributed by atoms with E-state index < -0.39 is 11.7 Å². The molecular weight excluding hydrogens is 469 g/mol. The molecule has 0 saturated carbocycles. The van der Waals surface area contributed by atoms with Crippen LogP contribution in [0.15, 0.2) is 29.2 Å². The van der Waals surface area contributed by atoms with Gasteiger partial charge in [-0.3, -0.25) is 19.3 Å². The summed E-state index contributed by atoms with van der Waals surface area (Å²) in [4.78, 5) is 40.0. The first-order valence-electron chi connectivity index (χ1n) is 10.1. The number of aryl methyl sites for hydroxylation is 1. The van der Waals surface area contributed by atoms with Gasteiger partial charge < -0.3 is 11.1 Å². The van der Waals surface area contributed by atoms with E-state index >= 15 is 0 Å². The average Bonchev–Trinajstić information content (AvgIpc) is 3.24. The van der Waals surface area contributed by atoms with Crippen LogP contribution in [0.2, 0.25) is 0 Å². The van der Waals surface area contributed by atoms with Crippen LogP contribution in [0, 0.1) is 5.82 Å². The number of thioether (sulfide) groups is 1. The first kappa shape index (κ1) is 22.6. The van der Waals surface area contributed by atoms with Crippen LogP contribution in [0.3, 0.4) is 0 Å². The number of halogens is 1. The lowest BCUT2D eigenvalue weighted by molar-refractivity contribution is -0.122. The molecule has 0 unspecified atom stereocenters. The number of carbonyl (C=O) groups is 3. The highest BCUT2D eigenvalue weighted by Gasteiger charge is 2.32. The number of amides is 3. The normalized spacial score (nSPS) is 17.0. The maximum absolute atomic E-state index is 13.9. The van der Waals surface area contributed by atoms with Crippen LogP contribution >= 0.6 is 35.3 Å². The van der Waals surface area contributed by atoms with Gasteiger partial charge in [0.15, 0.2) is 0 Å². The average molecular weight is 490 g/mol. The third-order valence-electron chi connectivity index (χ3n) is 5.30. The second kappa shape index (κ2) is 9.51. The summed E-state index contributed by atoms with van der Waals surface area (Å²) in [6.45, 7) is 0.0854. The van der Waals surface area contributed by atoms with Crippen molar-refractivity contribution in [3.63, 3.8) is 0 Å². The van der Waals surface area contributed by atoms with Gasteiger partial charge in [0.2, 0.25) is 5.91 Å². The lowest BCUT2D eigenvalue weighted by Gasteiger charge is -2.14. The molecule has 1 fully saturated rings. The van der Waals surface area contributed by atoms with E-state index in [2.05, 4.69) is 5.32 Å². The number of nitrogens with two attached hydrogens (primary N) is 1. The molecule has 1 aromatic carbocycles. The summed E-state index contributed by atoms with van der Waals surface area (Å²) in [5.41, 5.74) is 7.21. The zero-order valence-electron chi connectivity index (χ0n) is 17.0. The van der Waals surface area contributed by atoms with Crippen molar-refractivity contribution >= 4 is 68.4 Å². The molecule has 3 amide bonds. The van der Waals surface area contributed by atoms with E-state index in [0.717, 1.165) is 47.9 Å². The Balaban J connectivity index is 1.42. The molecule has 32 heavy (non-hydrogen) atoms. The molecular formula is C22H20FN3O3S3. The smallest absolute Gasteiger partial charge is 0.266 e. The zero-order valence-corrected chi connectivity index (χ0v) is 19.4. The maximum atomic E-state index is 13.9. The molecule has 1 aliphatic carbocycles. The molecule has 0 spiro atoms. The van der Waals surface area contributed by atoms with Crippen molar-refractivity contribution in [1.29, 1.82) is 0 Å².